The van der Waals surface area contributed by atoms with Crippen molar-refractivity contribution in [3.63, 3.8) is 0 Å². The van der Waals surface area contributed by atoms with Gasteiger partial charge in [0, 0.05) is 24.6 Å². The zero-order chi connectivity index (χ0) is 13.1. The highest BCUT2D eigenvalue weighted by atomic mass is 16.4. The fourth-order valence-electron chi connectivity index (χ4n) is 2.06. The van der Waals surface area contributed by atoms with Gasteiger partial charge in [-0.15, -0.1) is 0 Å². The highest BCUT2D eigenvalue weighted by Crippen LogP contribution is 2.29. The number of rotatable bonds is 6. The smallest absolute Gasteiger partial charge is 0.372 e. The summed E-state index contributed by atoms with van der Waals surface area (Å²) >= 11 is 0. The summed E-state index contributed by atoms with van der Waals surface area (Å²) in [6.07, 6.45) is 2.79. The van der Waals surface area contributed by atoms with Crippen LogP contribution in [0.15, 0.2) is 10.5 Å². The summed E-state index contributed by atoms with van der Waals surface area (Å²) in [4.78, 5) is 13.1. The highest BCUT2D eigenvalue weighted by Gasteiger charge is 2.29. The van der Waals surface area contributed by atoms with Crippen LogP contribution in [0.5, 0.6) is 0 Å². The van der Waals surface area contributed by atoms with E-state index in [1.54, 1.807) is 13.0 Å². The first-order chi connectivity index (χ1) is 8.61. The third kappa shape index (κ3) is 2.90. The second kappa shape index (κ2) is 5.23. The molecule has 5 heteroatoms. The normalized spacial score (nSPS) is 14.7. The summed E-state index contributed by atoms with van der Waals surface area (Å²) in [5.74, 6) is -0.357. The number of aryl methyl sites for hydroxylation is 1. The number of carbonyl (C=O) groups is 1. The van der Waals surface area contributed by atoms with Gasteiger partial charge < -0.3 is 9.52 Å². The Morgan fingerprint density at radius 3 is 2.89 bits per heavy atom. The predicted octanol–water partition coefficient (Wildman–Crippen LogP) is 2.16. The molecule has 1 saturated carbocycles. The zero-order valence-electron chi connectivity index (χ0n) is 10.3. The Balaban J connectivity index is 2.04. The molecule has 0 radical (unpaired) electrons. The minimum Gasteiger partial charge on any atom is -0.475 e. The maximum Gasteiger partial charge on any atom is 0.372 e. The fraction of sp³-hybridized carbons (Fsp3) is 0.538. The van der Waals surface area contributed by atoms with Crippen LogP contribution in [0.25, 0.3) is 0 Å². The first kappa shape index (κ1) is 12.7. The molecular formula is C13H16N2O3. The molecule has 0 aliphatic heterocycles. The van der Waals surface area contributed by atoms with Crippen LogP contribution in [-0.4, -0.2) is 28.6 Å². The minimum atomic E-state index is -1.03. The maximum atomic E-state index is 10.9. The zero-order valence-corrected chi connectivity index (χ0v) is 10.3. The van der Waals surface area contributed by atoms with Gasteiger partial charge in [-0.1, -0.05) is 0 Å². The third-order valence-corrected chi connectivity index (χ3v) is 3.10. The molecule has 0 saturated heterocycles. The van der Waals surface area contributed by atoms with Crippen LogP contribution in [0.4, 0.5) is 0 Å². The molecule has 0 amide bonds. The Morgan fingerprint density at radius 1 is 1.67 bits per heavy atom. The lowest BCUT2D eigenvalue weighted by Crippen LogP contribution is -2.26. The molecule has 1 fully saturated rings. The molecule has 1 aliphatic carbocycles. The molecule has 1 aliphatic rings. The first-order valence-electron chi connectivity index (χ1n) is 6.05. The number of hydrogen-bond donors (Lipinski definition) is 1. The van der Waals surface area contributed by atoms with Gasteiger partial charge in [0.2, 0.25) is 5.76 Å². The van der Waals surface area contributed by atoms with Gasteiger partial charge in [0.15, 0.2) is 0 Å². The van der Waals surface area contributed by atoms with E-state index in [4.69, 9.17) is 14.8 Å². The van der Waals surface area contributed by atoms with Crippen molar-refractivity contribution in [2.75, 3.05) is 6.54 Å². The van der Waals surface area contributed by atoms with Crippen LogP contribution < -0.4 is 0 Å². The second-order valence-corrected chi connectivity index (χ2v) is 4.64. The van der Waals surface area contributed by atoms with E-state index in [-0.39, 0.29) is 5.76 Å². The summed E-state index contributed by atoms with van der Waals surface area (Å²) in [5, 5.41) is 17.6. The number of nitriles is 1. The van der Waals surface area contributed by atoms with Gasteiger partial charge in [-0.25, -0.2) is 4.79 Å². The predicted molar refractivity (Wildman–Crippen MR) is 64.1 cm³/mol. The average molecular weight is 248 g/mol. The molecule has 0 bridgehead atoms. The van der Waals surface area contributed by atoms with Gasteiger partial charge in [0.05, 0.1) is 12.6 Å². The van der Waals surface area contributed by atoms with Gasteiger partial charge >= 0.3 is 5.97 Å². The van der Waals surface area contributed by atoms with E-state index in [1.807, 2.05) is 0 Å². The summed E-state index contributed by atoms with van der Waals surface area (Å²) in [7, 11) is 0. The van der Waals surface area contributed by atoms with Crippen LogP contribution in [0.3, 0.4) is 0 Å². The summed E-state index contributed by atoms with van der Waals surface area (Å²) in [6, 6.07) is 4.43. The molecular weight excluding hydrogens is 232 g/mol. The number of carboxylic acid groups (broad SMARTS) is 1. The van der Waals surface area contributed by atoms with Crippen LogP contribution in [0.1, 0.15) is 41.1 Å². The van der Waals surface area contributed by atoms with Crippen molar-refractivity contribution in [1.82, 2.24) is 4.90 Å². The molecule has 1 aromatic heterocycles. The standard InChI is InChI=1S/C13H16N2O3/c1-9-7-11(18-12(9)13(16)17)8-15(6-2-5-14)10-3-4-10/h7,10H,2-4,6,8H2,1H3,(H,16,17). The van der Waals surface area contributed by atoms with Crippen molar-refractivity contribution in [3.8, 4) is 6.07 Å². The van der Waals surface area contributed by atoms with Crippen LogP contribution in [0, 0.1) is 18.3 Å². The quantitative estimate of drug-likeness (QED) is 0.834. The molecule has 1 aromatic rings. The summed E-state index contributed by atoms with van der Waals surface area (Å²) < 4.78 is 5.34. The van der Waals surface area contributed by atoms with E-state index < -0.39 is 5.97 Å². The minimum absolute atomic E-state index is 0.0148. The van der Waals surface area contributed by atoms with Gasteiger partial charge in [-0.2, -0.15) is 5.26 Å². The first-order valence-corrected chi connectivity index (χ1v) is 6.05. The van der Waals surface area contributed by atoms with E-state index in [1.165, 1.54) is 0 Å². The van der Waals surface area contributed by atoms with Crippen LogP contribution in [-0.2, 0) is 6.54 Å². The Morgan fingerprint density at radius 2 is 2.39 bits per heavy atom. The lowest BCUT2D eigenvalue weighted by atomic mass is 10.2. The molecule has 0 atom stereocenters. The molecule has 0 unspecified atom stereocenters. The molecule has 18 heavy (non-hydrogen) atoms. The van der Waals surface area contributed by atoms with E-state index in [0.717, 1.165) is 12.8 Å². The molecule has 96 valence electrons. The van der Waals surface area contributed by atoms with Crippen molar-refractivity contribution in [1.29, 1.82) is 5.26 Å². The number of nitrogens with zero attached hydrogens (tertiary/aromatic N) is 2. The molecule has 2 rings (SSSR count). The molecule has 1 N–H and O–H groups in total. The van der Waals surface area contributed by atoms with Crippen LogP contribution >= 0.6 is 0 Å². The summed E-state index contributed by atoms with van der Waals surface area (Å²) in [6.45, 7) is 3.02. The van der Waals surface area contributed by atoms with Crippen molar-refractivity contribution in [2.24, 2.45) is 0 Å². The lowest BCUT2D eigenvalue weighted by molar-refractivity contribution is 0.0657. The number of furan rings is 1. The fourth-order valence-corrected chi connectivity index (χ4v) is 2.06. The second-order valence-electron chi connectivity index (χ2n) is 4.64. The number of carboxylic acids is 1. The van der Waals surface area contributed by atoms with E-state index in [9.17, 15) is 4.79 Å². The molecule has 1 heterocycles. The number of hydrogen-bond acceptors (Lipinski definition) is 4. The van der Waals surface area contributed by atoms with E-state index >= 15 is 0 Å². The Hall–Kier alpha value is -1.80. The van der Waals surface area contributed by atoms with E-state index in [2.05, 4.69) is 11.0 Å². The monoisotopic (exact) mass is 248 g/mol. The van der Waals surface area contributed by atoms with Gasteiger partial charge in [-0.05, 0) is 25.8 Å². The largest absolute Gasteiger partial charge is 0.475 e. The van der Waals surface area contributed by atoms with Crippen LogP contribution in [0.2, 0.25) is 0 Å². The van der Waals surface area contributed by atoms with E-state index in [0.29, 0.717) is 36.9 Å². The van der Waals surface area contributed by atoms with Crippen molar-refractivity contribution >= 4 is 5.97 Å². The maximum absolute atomic E-state index is 10.9. The highest BCUT2D eigenvalue weighted by molar-refractivity contribution is 5.86. The Kier molecular flexibility index (Phi) is 3.68. The Labute approximate surface area is 106 Å². The third-order valence-electron chi connectivity index (χ3n) is 3.10. The molecule has 0 aromatic carbocycles. The Bertz CT molecular complexity index is 483. The topological polar surface area (TPSA) is 77.5 Å². The molecule has 0 spiro atoms. The van der Waals surface area contributed by atoms with Gasteiger partial charge in [0.1, 0.15) is 5.76 Å². The average Bonchev–Trinajstić information content (AvgIpc) is 3.09. The van der Waals surface area contributed by atoms with Gasteiger partial charge in [-0.3, -0.25) is 4.90 Å². The van der Waals surface area contributed by atoms with Crippen molar-refractivity contribution in [2.45, 2.75) is 38.8 Å². The summed E-state index contributed by atoms with van der Waals surface area (Å²) in [5.41, 5.74) is 0.647. The number of aromatic carboxylic acids is 1. The lowest BCUT2D eigenvalue weighted by Gasteiger charge is -2.18. The van der Waals surface area contributed by atoms with Crippen molar-refractivity contribution in [3.05, 3.63) is 23.2 Å². The van der Waals surface area contributed by atoms with Gasteiger partial charge in [0.25, 0.3) is 0 Å². The molecule has 5 nitrogen and oxygen atoms in total. The SMILES string of the molecule is Cc1cc(CN(CCC#N)C2CC2)oc1C(=O)O. The van der Waals surface area contributed by atoms with Crippen molar-refractivity contribution < 1.29 is 14.3 Å².